The van der Waals surface area contributed by atoms with Crippen molar-refractivity contribution in [1.82, 2.24) is 0 Å². The van der Waals surface area contributed by atoms with Gasteiger partial charge in [-0.2, -0.15) is 0 Å². The summed E-state index contributed by atoms with van der Waals surface area (Å²) in [7, 11) is 0. The second kappa shape index (κ2) is 3.78. The fourth-order valence-corrected chi connectivity index (χ4v) is 2.50. The Balaban J connectivity index is 1.90. The zero-order valence-corrected chi connectivity index (χ0v) is 9.11. The summed E-state index contributed by atoms with van der Waals surface area (Å²) in [6.07, 6.45) is 5.20. The number of allylic oxidation sites excluding steroid dienone is 2. The normalized spacial score (nSPS) is 22.5. The summed E-state index contributed by atoms with van der Waals surface area (Å²) < 4.78 is 5.54. The van der Waals surface area contributed by atoms with Crippen LogP contribution in [0, 0.1) is 0 Å². The second-order valence-electron chi connectivity index (χ2n) is 4.39. The monoisotopic (exact) mass is 214 g/mol. The van der Waals surface area contributed by atoms with Crippen molar-refractivity contribution < 1.29 is 9.53 Å². The molecular formula is C14H14O2. The molecular weight excluding hydrogens is 200 g/mol. The standard InChI is InChI=1S/C14H14O2/c15-14(10-5-1-2-6-10)12-9-16-13-8-4-3-7-11(12)13/h3-5,7-8,12H,1-2,6,9H2. The number of hydrogen-bond donors (Lipinski definition) is 0. The van der Waals surface area contributed by atoms with Crippen LogP contribution < -0.4 is 4.74 Å². The summed E-state index contributed by atoms with van der Waals surface area (Å²) in [5, 5.41) is 0. The van der Waals surface area contributed by atoms with Gasteiger partial charge in [0, 0.05) is 5.56 Å². The van der Waals surface area contributed by atoms with Gasteiger partial charge >= 0.3 is 0 Å². The van der Waals surface area contributed by atoms with Crippen LogP contribution in [0.2, 0.25) is 0 Å². The highest BCUT2D eigenvalue weighted by Crippen LogP contribution is 2.36. The van der Waals surface area contributed by atoms with Crippen molar-refractivity contribution in [3.05, 3.63) is 41.5 Å². The average molecular weight is 214 g/mol. The van der Waals surface area contributed by atoms with Gasteiger partial charge in [-0.05, 0) is 30.9 Å². The van der Waals surface area contributed by atoms with E-state index < -0.39 is 0 Å². The zero-order valence-electron chi connectivity index (χ0n) is 9.11. The van der Waals surface area contributed by atoms with Crippen molar-refractivity contribution in [2.45, 2.75) is 25.2 Å². The average Bonchev–Trinajstić information content (AvgIpc) is 2.98. The van der Waals surface area contributed by atoms with Gasteiger partial charge in [-0.15, -0.1) is 0 Å². The SMILES string of the molecule is O=C(C1=CCCC1)C1COc2ccccc21. The number of ketones is 1. The van der Waals surface area contributed by atoms with Crippen LogP contribution in [0.5, 0.6) is 5.75 Å². The molecule has 2 heteroatoms. The highest BCUT2D eigenvalue weighted by atomic mass is 16.5. The summed E-state index contributed by atoms with van der Waals surface area (Å²) >= 11 is 0. The van der Waals surface area contributed by atoms with Gasteiger partial charge in [0.1, 0.15) is 12.4 Å². The predicted molar refractivity (Wildman–Crippen MR) is 61.6 cm³/mol. The van der Waals surface area contributed by atoms with Crippen LogP contribution in [0.1, 0.15) is 30.7 Å². The van der Waals surface area contributed by atoms with Crippen LogP contribution in [-0.2, 0) is 4.79 Å². The number of benzene rings is 1. The summed E-state index contributed by atoms with van der Waals surface area (Å²) in [5.41, 5.74) is 2.06. The molecule has 1 aliphatic carbocycles. The van der Waals surface area contributed by atoms with Crippen molar-refractivity contribution in [2.24, 2.45) is 0 Å². The first-order chi connectivity index (χ1) is 7.86. The minimum Gasteiger partial charge on any atom is -0.492 e. The maximum atomic E-state index is 12.3. The van der Waals surface area contributed by atoms with Crippen LogP contribution in [-0.4, -0.2) is 12.4 Å². The Kier molecular flexibility index (Phi) is 2.28. The van der Waals surface area contributed by atoms with E-state index in [1.165, 1.54) is 0 Å². The molecule has 0 N–H and O–H groups in total. The molecule has 1 aliphatic heterocycles. The molecule has 0 saturated heterocycles. The number of Topliss-reactive ketones (excluding diaryl/α,β-unsaturated/α-hetero) is 1. The Labute approximate surface area is 94.9 Å². The molecule has 0 saturated carbocycles. The largest absolute Gasteiger partial charge is 0.492 e. The molecule has 1 atom stereocenters. The number of carbonyl (C=O) groups is 1. The van der Waals surface area contributed by atoms with Crippen LogP contribution >= 0.6 is 0 Å². The van der Waals surface area contributed by atoms with Crippen molar-refractivity contribution in [2.75, 3.05) is 6.61 Å². The third-order valence-electron chi connectivity index (χ3n) is 3.37. The first-order valence-corrected chi connectivity index (χ1v) is 5.81. The van der Waals surface area contributed by atoms with E-state index in [2.05, 4.69) is 6.08 Å². The number of para-hydroxylation sites is 1. The van der Waals surface area contributed by atoms with Gasteiger partial charge in [-0.25, -0.2) is 0 Å². The molecule has 1 aromatic carbocycles. The lowest BCUT2D eigenvalue weighted by atomic mass is 9.92. The molecule has 0 spiro atoms. The maximum Gasteiger partial charge on any atom is 0.169 e. The Morgan fingerprint density at radius 1 is 1.31 bits per heavy atom. The molecule has 1 aromatic rings. The van der Waals surface area contributed by atoms with Crippen LogP contribution in [0.25, 0.3) is 0 Å². The first kappa shape index (κ1) is 9.64. The van der Waals surface area contributed by atoms with Crippen LogP contribution in [0.4, 0.5) is 0 Å². The van der Waals surface area contributed by atoms with E-state index in [-0.39, 0.29) is 11.7 Å². The van der Waals surface area contributed by atoms with E-state index in [1.54, 1.807) is 0 Å². The van der Waals surface area contributed by atoms with E-state index >= 15 is 0 Å². The maximum absolute atomic E-state index is 12.3. The summed E-state index contributed by atoms with van der Waals surface area (Å²) in [6, 6.07) is 7.85. The molecule has 0 bridgehead atoms. The van der Waals surface area contributed by atoms with Crippen LogP contribution in [0.3, 0.4) is 0 Å². The third kappa shape index (κ3) is 1.45. The Hall–Kier alpha value is -1.57. The highest BCUT2D eigenvalue weighted by Gasteiger charge is 2.32. The topological polar surface area (TPSA) is 26.3 Å². The number of hydrogen-bond acceptors (Lipinski definition) is 2. The molecule has 16 heavy (non-hydrogen) atoms. The molecule has 2 aliphatic rings. The van der Waals surface area contributed by atoms with Crippen molar-refractivity contribution >= 4 is 5.78 Å². The molecule has 0 fully saturated rings. The lowest BCUT2D eigenvalue weighted by Crippen LogP contribution is -2.15. The lowest BCUT2D eigenvalue weighted by molar-refractivity contribution is -0.117. The quantitative estimate of drug-likeness (QED) is 0.756. The molecule has 1 unspecified atom stereocenters. The smallest absolute Gasteiger partial charge is 0.169 e. The number of carbonyl (C=O) groups excluding carboxylic acids is 1. The molecule has 3 rings (SSSR count). The van der Waals surface area contributed by atoms with E-state index in [0.29, 0.717) is 6.61 Å². The number of fused-ring (bicyclic) bond motifs is 1. The number of rotatable bonds is 2. The van der Waals surface area contributed by atoms with Gasteiger partial charge < -0.3 is 4.74 Å². The minimum absolute atomic E-state index is 0.0689. The number of ether oxygens (including phenoxy) is 1. The van der Waals surface area contributed by atoms with Gasteiger partial charge in [0.05, 0.1) is 5.92 Å². The third-order valence-corrected chi connectivity index (χ3v) is 3.37. The van der Waals surface area contributed by atoms with Gasteiger partial charge in [0.25, 0.3) is 0 Å². The van der Waals surface area contributed by atoms with Crippen molar-refractivity contribution in [3.63, 3.8) is 0 Å². The Morgan fingerprint density at radius 2 is 2.19 bits per heavy atom. The molecule has 1 heterocycles. The van der Waals surface area contributed by atoms with E-state index in [1.807, 2.05) is 24.3 Å². The van der Waals surface area contributed by atoms with Crippen LogP contribution in [0.15, 0.2) is 35.9 Å². The lowest BCUT2D eigenvalue weighted by Gasteiger charge is -2.08. The van der Waals surface area contributed by atoms with Gasteiger partial charge in [-0.1, -0.05) is 24.3 Å². The van der Waals surface area contributed by atoms with Gasteiger partial charge in [-0.3, -0.25) is 4.79 Å². The zero-order chi connectivity index (χ0) is 11.0. The van der Waals surface area contributed by atoms with E-state index in [9.17, 15) is 4.79 Å². The second-order valence-corrected chi connectivity index (χ2v) is 4.39. The molecule has 2 nitrogen and oxygen atoms in total. The summed E-state index contributed by atoms with van der Waals surface area (Å²) in [4.78, 5) is 12.3. The van der Waals surface area contributed by atoms with Crippen molar-refractivity contribution in [1.29, 1.82) is 0 Å². The Morgan fingerprint density at radius 3 is 3.00 bits per heavy atom. The minimum atomic E-state index is -0.0689. The van der Waals surface area contributed by atoms with E-state index in [0.717, 1.165) is 36.1 Å². The molecule has 0 radical (unpaired) electrons. The Bertz CT molecular complexity index is 460. The molecule has 0 amide bonds. The van der Waals surface area contributed by atoms with E-state index in [4.69, 9.17) is 4.74 Å². The fourth-order valence-electron chi connectivity index (χ4n) is 2.50. The highest BCUT2D eigenvalue weighted by molar-refractivity contribution is 6.01. The predicted octanol–water partition coefficient (Wildman–Crippen LogP) is 2.84. The summed E-state index contributed by atoms with van der Waals surface area (Å²) in [5.74, 6) is 1.07. The summed E-state index contributed by atoms with van der Waals surface area (Å²) in [6.45, 7) is 0.509. The van der Waals surface area contributed by atoms with Crippen molar-refractivity contribution in [3.8, 4) is 5.75 Å². The molecule has 0 aromatic heterocycles. The molecule has 82 valence electrons. The fraction of sp³-hybridized carbons (Fsp3) is 0.357. The van der Waals surface area contributed by atoms with Gasteiger partial charge in [0.2, 0.25) is 0 Å². The first-order valence-electron chi connectivity index (χ1n) is 5.81. The van der Waals surface area contributed by atoms with Gasteiger partial charge in [0.15, 0.2) is 5.78 Å².